The minimum Gasteiger partial charge on any atom is -0.480 e. The molecule has 0 bridgehead atoms. The third-order valence-electron chi connectivity index (χ3n) is 2.28. The third-order valence-corrected chi connectivity index (χ3v) is 3.08. The van der Waals surface area contributed by atoms with E-state index in [0.717, 1.165) is 11.8 Å². The average Bonchev–Trinajstić information content (AvgIpc) is 2.35. The maximum Gasteiger partial charge on any atom is 0.266 e. The molecule has 0 aliphatic carbocycles. The highest BCUT2D eigenvalue weighted by Crippen LogP contribution is 2.30. The van der Waals surface area contributed by atoms with E-state index in [1.807, 2.05) is 0 Å². The van der Waals surface area contributed by atoms with Crippen LogP contribution in [0.2, 0.25) is 0 Å². The molecule has 0 N–H and O–H groups in total. The SMILES string of the molecule is CCOC1=NC(Cl)=C(F)C2=NC(SC)=NC(=O)C12. The van der Waals surface area contributed by atoms with Crippen LogP contribution < -0.4 is 0 Å². The average molecular weight is 290 g/mol. The second kappa shape index (κ2) is 5.19. The molecule has 96 valence electrons. The molecular formula is C10H9ClFN3O2S. The number of hydrogen-bond acceptors (Lipinski definition) is 5. The van der Waals surface area contributed by atoms with Crippen molar-refractivity contribution in [3.05, 3.63) is 11.0 Å². The van der Waals surface area contributed by atoms with Gasteiger partial charge in [-0.25, -0.2) is 14.4 Å². The molecule has 0 aromatic heterocycles. The molecule has 2 aliphatic rings. The molecule has 1 unspecified atom stereocenters. The van der Waals surface area contributed by atoms with Gasteiger partial charge in [-0.3, -0.25) is 4.79 Å². The number of thioether (sulfide) groups is 1. The Labute approximate surface area is 112 Å². The number of carbonyl (C=O) groups excluding carboxylic acids is 1. The lowest BCUT2D eigenvalue weighted by Gasteiger charge is -2.23. The molecule has 0 aromatic carbocycles. The first kappa shape index (κ1) is 13.2. The molecule has 2 heterocycles. The lowest BCUT2D eigenvalue weighted by atomic mass is 9.98. The van der Waals surface area contributed by atoms with Gasteiger partial charge in [-0.1, -0.05) is 23.4 Å². The first-order valence-corrected chi connectivity index (χ1v) is 6.70. The van der Waals surface area contributed by atoms with E-state index in [4.69, 9.17) is 16.3 Å². The van der Waals surface area contributed by atoms with Gasteiger partial charge in [0.15, 0.2) is 22.1 Å². The summed E-state index contributed by atoms with van der Waals surface area (Å²) in [5, 5.41) is -0.160. The van der Waals surface area contributed by atoms with E-state index in [9.17, 15) is 9.18 Å². The predicted molar refractivity (Wildman–Crippen MR) is 69.9 cm³/mol. The van der Waals surface area contributed by atoms with Crippen LogP contribution in [0.25, 0.3) is 0 Å². The zero-order valence-corrected chi connectivity index (χ0v) is 11.2. The number of amidine groups is 1. The van der Waals surface area contributed by atoms with E-state index in [0.29, 0.717) is 6.61 Å². The maximum atomic E-state index is 13.8. The van der Waals surface area contributed by atoms with Crippen molar-refractivity contribution in [2.24, 2.45) is 20.9 Å². The Bertz CT molecular complexity index is 527. The van der Waals surface area contributed by atoms with E-state index in [1.54, 1.807) is 13.2 Å². The molecule has 1 atom stereocenters. The van der Waals surface area contributed by atoms with Gasteiger partial charge in [-0.05, 0) is 13.2 Å². The third kappa shape index (κ3) is 2.20. The monoisotopic (exact) mass is 289 g/mol. The molecule has 0 saturated heterocycles. The van der Waals surface area contributed by atoms with Crippen LogP contribution in [0, 0.1) is 5.92 Å². The second-order valence-electron chi connectivity index (χ2n) is 3.35. The van der Waals surface area contributed by atoms with Gasteiger partial charge in [-0.2, -0.15) is 4.99 Å². The summed E-state index contributed by atoms with van der Waals surface area (Å²) >= 11 is 6.81. The molecule has 0 fully saturated rings. The fourth-order valence-corrected chi connectivity index (χ4v) is 2.09. The number of rotatable bonds is 1. The minimum absolute atomic E-state index is 0.0385. The highest BCUT2D eigenvalue weighted by atomic mass is 35.5. The Balaban J connectivity index is 2.50. The van der Waals surface area contributed by atoms with Crippen LogP contribution in [0.5, 0.6) is 0 Å². The highest BCUT2D eigenvalue weighted by molar-refractivity contribution is 8.13. The van der Waals surface area contributed by atoms with Gasteiger partial charge in [0.2, 0.25) is 5.90 Å². The summed E-state index contributed by atoms with van der Waals surface area (Å²) in [6.07, 6.45) is 1.69. The van der Waals surface area contributed by atoms with Gasteiger partial charge in [0, 0.05) is 0 Å². The fraction of sp³-hybridized carbons (Fsp3) is 0.400. The summed E-state index contributed by atoms with van der Waals surface area (Å²) in [7, 11) is 0. The van der Waals surface area contributed by atoms with Crippen LogP contribution in [0.15, 0.2) is 26.0 Å². The fourth-order valence-electron chi connectivity index (χ4n) is 1.54. The molecule has 0 saturated carbocycles. The van der Waals surface area contributed by atoms with Gasteiger partial charge in [0.25, 0.3) is 5.91 Å². The number of fused-ring (bicyclic) bond motifs is 1. The van der Waals surface area contributed by atoms with Crippen molar-refractivity contribution in [1.29, 1.82) is 0 Å². The van der Waals surface area contributed by atoms with E-state index >= 15 is 0 Å². The normalized spacial score (nSPS) is 23.2. The first-order valence-electron chi connectivity index (χ1n) is 5.10. The number of ether oxygens (including phenoxy) is 1. The van der Waals surface area contributed by atoms with Crippen molar-refractivity contribution < 1.29 is 13.9 Å². The topological polar surface area (TPSA) is 63.4 Å². The summed E-state index contributed by atoms with van der Waals surface area (Å²) < 4.78 is 19.0. The van der Waals surface area contributed by atoms with E-state index in [2.05, 4.69) is 15.0 Å². The molecular weight excluding hydrogens is 281 g/mol. The van der Waals surface area contributed by atoms with Crippen molar-refractivity contribution in [2.75, 3.05) is 12.9 Å². The van der Waals surface area contributed by atoms with E-state index in [-0.39, 0.29) is 21.9 Å². The molecule has 0 aromatic rings. The predicted octanol–water partition coefficient (Wildman–Crippen LogP) is 2.13. The molecule has 2 rings (SSSR count). The molecule has 18 heavy (non-hydrogen) atoms. The van der Waals surface area contributed by atoms with Gasteiger partial charge in [0.1, 0.15) is 5.71 Å². The quantitative estimate of drug-likeness (QED) is 0.695. The summed E-state index contributed by atoms with van der Waals surface area (Å²) in [5.41, 5.74) is -0.0807. The van der Waals surface area contributed by atoms with Crippen LogP contribution in [-0.2, 0) is 9.53 Å². The Hall–Kier alpha value is -1.21. The molecule has 8 heteroatoms. The van der Waals surface area contributed by atoms with E-state index < -0.39 is 17.7 Å². The molecule has 0 radical (unpaired) electrons. The van der Waals surface area contributed by atoms with Crippen LogP contribution >= 0.6 is 23.4 Å². The van der Waals surface area contributed by atoms with Crippen molar-refractivity contribution in [3.63, 3.8) is 0 Å². The van der Waals surface area contributed by atoms with Crippen molar-refractivity contribution >= 4 is 46.0 Å². The van der Waals surface area contributed by atoms with Crippen LogP contribution in [0.1, 0.15) is 6.92 Å². The summed E-state index contributed by atoms with van der Waals surface area (Å²) in [6, 6.07) is 0. The number of amides is 1. The second-order valence-corrected chi connectivity index (χ2v) is 4.49. The summed E-state index contributed by atoms with van der Waals surface area (Å²) in [6.45, 7) is 2.02. The Morgan fingerprint density at radius 2 is 2.17 bits per heavy atom. The van der Waals surface area contributed by atoms with Crippen LogP contribution in [0.4, 0.5) is 4.39 Å². The lowest BCUT2D eigenvalue weighted by Crippen LogP contribution is -2.38. The largest absolute Gasteiger partial charge is 0.480 e. The van der Waals surface area contributed by atoms with Gasteiger partial charge in [0.05, 0.1) is 6.61 Å². The van der Waals surface area contributed by atoms with Gasteiger partial charge in [-0.15, -0.1) is 0 Å². The minimum atomic E-state index is -1.02. The van der Waals surface area contributed by atoms with Crippen molar-refractivity contribution in [2.45, 2.75) is 6.92 Å². The zero-order valence-electron chi connectivity index (χ0n) is 9.61. The molecule has 0 spiro atoms. The zero-order chi connectivity index (χ0) is 13.3. The number of carbonyl (C=O) groups is 1. The molecule has 1 amide bonds. The lowest BCUT2D eigenvalue weighted by molar-refractivity contribution is -0.118. The number of halogens is 2. The van der Waals surface area contributed by atoms with Crippen molar-refractivity contribution in [3.8, 4) is 0 Å². The smallest absolute Gasteiger partial charge is 0.266 e. The van der Waals surface area contributed by atoms with Gasteiger partial charge < -0.3 is 4.74 Å². The van der Waals surface area contributed by atoms with Crippen molar-refractivity contribution in [1.82, 2.24) is 0 Å². The Kier molecular flexibility index (Phi) is 3.82. The maximum absolute atomic E-state index is 13.8. The number of nitrogens with zero attached hydrogens (tertiary/aromatic N) is 3. The standard InChI is InChI=1S/C10H9ClFN3O2S/c1-3-17-9-4-6(5(12)7(11)14-9)13-10(18-2)15-8(4)16/h4H,3H2,1-2H3. The summed E-state index contributed by atoms with van der Waals surface area (Å²) in [4.78, 5) is 23.3. The molecule has 5 nitrogen and oxygen atoms in total. The van der Waals surface area contributed by atoms with E-state index in [1.165, 1.54) is 0 Å². The molecule has 2 aliphatic heterocycles. The first-order chi connectivity index (χ1) is 8.58. The summed E-state index contributed by atoms with van der Waals surface area (Å²) in [5.74, 6) is -2.34. The number of allylic oxidation sites excluding steroid dienone is 1. The van der Waals surface area contributed by atoms with Gasteiger partial charge >= 0.3 is 0 Å². The van der Waals surface area contributed by atoms with Crippen LogP contribution in [0.3, 0.4) is 0 Å². The highest BCUT2D eigenvalue weighted by Gasteiger charge is 2.41. The Morgan fingerprint density at radius 3 is 2.78 bits per heavy atom. The Morgan fingerprint density at radius 1 is 1.44 bits per heavy atom. The number of hydrogen-bond donors (Lipinski definition) is 0. The number of aliphatic imine (C=N–C) groups is 3. The van der Waals surface area contributed by atoms with Crippen LogP contribution in [-0.4, -0.2) is 35.5 Å².